The number of nitrogens with zero attached hydrogens (tertiary/aromatic N) is 3. The lowest BCUT2D eigenvalue weighted by atomic mass is 10.1. The lowest BCUT2D eigenvalue weighted by molar-refractivity contribution is 0.0386. The first kappa shape index (κ1) is 19.5. The summed E-state index contributed by atoms with van der Waals surface area (Å²) in [4.78, 5) is 6.70. The molecule has 0 amide bonds. The molecule has 1 fully saturated rings. The second-order valence-electron chi connectivity index (χ2n) is 6.97. The van der Waals surface area contributed by atoms with Crippen LogP contribution in [0.4, 0.5) is 0 Å². The highest BCUT2D eigenvalue weighted by Gasteiger charge is 2.20. The smallest absolute Gasteiger partial charge is 0.293 e. The summed E-state index contributed by atoms with van der Waals surface area (Å²) in [6.07, 6.45) is 4.02. The number of methoxy groups -OCH3 is 2. The molecule has 1 aromatic carbocycles. The van der Waals surface area contributed by atoms with Gasteiger partial charge in [0.05, 0.1) is 19.5 Å². The molecule has 8 heteroatoms. The van der Waals surface area contributed by atoms with E-state index >= 15 is 0 Å². The number of likely N-dealkylation sites (tertiary alicyclic amines) is 1. The molecule has 154 valence electrons. The number of piperidine rings is 1. The Morgan fingerprint density at radius 3 is 2.76 bits per heavy atom. The Bertz CT molecular complexity index is 901. The number of rotatable bonds is 8. The zero-order chi connectivity index (χ0) is 20.1. The minimum absolute atomic E-state index is 0.204. The summed E-state index contributed by atoms with van der Waals surface area (Å²) in [6.45, 7) is 3.02. The van der Waals surface area contributed by atoms with E-state index in [9.17, 15) is 0 Å². The first-order valence-corrected chi connectivity index (χ1v) is 9.66. The van der Waals surface area contributed by atoms with Gasteiger partial charge in [0.1, 0.15) is 11.5 Å². The molecule has 1 saturated heterocycles. The van der Waals surface area contributed by atoms with Crippen LogP contribution >= 0.6 is 0 Å². The summed E-state index contributed by atoms with van der Waals surface area (Å²) < 4.78 is 27.3. The molecule has 0 N–H and O–H groups in total. The van der Waals surface area contributed by atoms with E-state index in [1.54, 1.807) is 32.6 Å². The highest BCUT2D eigenvalue weighted by molar-refractivity contribution is 5.43. The van der Waals surface area contributed by atoms with E-state index in [-0.39, 0.29) is 6.61 Å². The van der Waals surface area contributed by atoms with Gasteiger partial charge in [-0.15, -0.1) is 0 Å². The number of benzene rings is 1. The topological polar surface area (TPSA) is 83.0 Å². The third kappa shape index (κ3) is 4.78. The highest BCUT2D eigenvalue weighted by atomic mass is 16.5. The van der Waals surface area contributed by atoms with E-state index in [0.29, 0.717) is 23.6 Å². The van der Waals surface area contributed by atoms with Crippen molar-refractivity contribution in [2.45, 2.75) is 32.1 Å². The standard InChI is InChI=1S/C21H25N3O5/c1-25-16-7-9-24(10-8-16)13-15-12-17(5-6-18(15)26-2)28-14-20-22-21(29-23-20)19-4-3-11-27-19/h3-6,11-12,16H,7-10,13-14H2,1-2H3. The Kier molecular flexibility index (Phi) is 6.12. The molecule has 2 aromatic heterocycles. The number of hydrogen-bond acceptors (Lipinski definition) is 8. The first-order valence-electron chi connectivity index (χ1n) is 9.66. The first-order chi connectivity index (χ1) is 14.2. The summed E-state index contributed by atoms with van der Waals surface area (Å²) in [5.41, 5.74) is 1.09. The summed E-state index contributed by atoms with van der Waals surface area (Å²) >= 11 is 0. The van der Waals surface area contributed by atoms with Gasteiger partial charge in [0.15, 0.2) is 12.4 Å². The Morgan fingerprint density at radius 1 is 1.17 bits per heavy atom. The van der Waals surface area contributed by atoms with E-state index in [0.717, 1.165) is 49.5 Å². The third-order valence-electron chi connectivity index (χ3n) is 5.08. The summed E-state index contributed by atoms with van der Waals surface area (Å²) in [5.74, 6) is 2.91. The Hall–Kier alpha value is -2.84. The van der Waals surface area contributed by atoms with E-state index < -0.39 is 0 Å². The Balaban J connectivity index is 1.39. The van der Waals surface area contributed by atoms with Gasteiger partial charge in [-0.1, -0.05) is 5.16 Å². The molecular weight excluding hydrogens is 374 g/mol. The molecule has 8 nitrogen and oxygen atoms in total. The maximum atomic E-state index is 5.88. The van der Waals surface area contributed by atoms with Gasteiger partial charge in [-0.3, -0.25) is 4.90 Å². The van der Waals surface area contributed by atoms with Crippen molar-refractivity contribution in [2.75, 3.05) is 27.3 Å². The van der Waals surface area contributed by atoms with E-state index in [4.69, 9.17) is 23.2 Å². The van der Waals surface area contributed by atoms with Crippen molar-refractivity contribution in [1.29, 1.82) is 0 Å². The molecule has 0 saturated carbocycles. The highest BCUT2D eigenvalue weighted by Crippen LogP contribution is 2.27. The fourth-order valence-electron chi connectivity index (χ4n) is 3.47. The van der Waals surface area contributed by atoms with Crippen LogP contribution in [0.15, 0.2) is 45.5 Å². The zero-order valence-electron chi connectivity index (χ0n) is 16.7. The molecular formula is C21H25N3O5. The predicted octanol–water partition coefficient (Wildman–Crippen LogP) is 3.53. The zero-order valence-corrected chi connectivity index (χ0v) is 16.7. The van der Waals surface area contributed by atoms with Crippen LogP contribution in [-0.2, 0) is 17.9 Å². The van der Waals surface area contributed by atoms with Gasteiger partial charge < -0.3 is 23.2 Å². The molecule has 1 aliphatic heterocycles. The van der Waals surface area contributed by atoms with Gasteiger partial charge >= 0.3 is 0 Å². The second kappa shape index (κ2) is 9.11. The average Bonchev–Trinajstić information content (AvgIpc) is 3.45. The Labute approximate surface area is 169 Å². The molecule has 1 aliphatic rings. The van der Waals surface area contributed by atoms with Gasteiger partial charge in [0.2, 0.25) is 5.82 Å². The van der Waals surface area contributed by atoms with Gasteiger partial charge in [-0.25, -0.2) is 0 Å². The van der Waals surface area contributed by atoms with Crippen LogP contribution in [0.2, 0.25) is 0 Å². The molecule has 4 rings (SSSR count). The summed E-state index contributed by atoms with van der Waals surface area (Å²) in [6, 6.07) is 9.36. The molecule has 0 aliphatic carbocycles. The maximum absolute atomic E-state index is 5.88. The van der Waals surface area contributed by atoms with Gasteiger partial charge in [0, 0.05) is 32.3 Å². The SMILES string of the molecule is COc1ccc(OCc2noc(-c3ccco3)n2)cc1CN1CCC(OC)CC1. The summed E-state index contributed by atoms with van der Waals surface area (Å²) in [7, 11) is 3.47. The van der Waals surface area contributed by atoms with Gasteiger partial charge in [-0.2, -0.15) is 4.98 Å². The molecule has 3 aromatic rings. The van der Waals surface area contributed by atoms with Crippen LogP contribution in [0.5, 0.6) is 11.5 Å². The van der Waals surface area contributed by atoms with Crippen molar-refractivity contribution < 1.29 is 23.2 Å². The molecule has 0 bridgehead atoms. The second-order valence-corrected chi connectivity index (χ2v) is 6.97. The minimum Gasteiger partial charge on any atom is -0.496 e. The molecule has 0 unspecified atom stereocenters. The van der Waals surface area contributed by atoms with Gasteiger partial charge in [-0.05, 0) is 43.2 Å². The van der Waals surface area contributed by atoms with Gasteiger partial charge in [0.25, 0.3) is 5.89 Å². The van der Waals surface area contributed by atoms with Crippen LogP contribution in [0.25, 0.3) is 11.7 Å². The summed E-state index contributed by atoms with van der Waals surface area (Å²) in [5, 5.41) is 3.94. The van der Waals surface area contributed by atoms with Crippen molar-refractivity contribution in [1.82, 2.24) is 15.0 Å². The Morgan fingerprint density at radius 2 is 2.03 bits per heavy atom. The normalized spacial score (nSPS) is 15.5. The molecule has 29 heavy (non-hydrogen) atoms. The van der Waals surface area contributed by atoms with E-state index in [1.165, 1.54) is 0 Å². The molecule has 0 radical (unpaired) electrons. The van der Waals surface area contributed by atoms with Crippen LogP contribution in [0.1, 0.15) is 24.2 Å². The fourth-order valence-corrected chi connectivity index (χ4v) is 3.47. The fraction of sp³-hybridized carbons (Fsp3) is 0.429. The number of aromatic nitrogens is 2. The van der Waals surface area contributed by atoms with Crippen LogP contribution in [0.3, 0.4) is 0 Å². The van der Waals surface area contributed by atoms with E-state index in [2.05, 4.69) is 15.0 Å². The predicted molar refractivity (Wildman–Crippen MR) is 105 cm³/mol. The average molecular weight is 399 g/mol. The number of ether oxygens (including phenoxy) is 3. The van der Waals surface area contributed by atoms with E-state index in [1.807, 2.05) is 18.2 Å². The lowest BCUT2D eigenvalue weighted by Crippen LogP contribution is -2.36. The molecule has 0 spiro atoms. The molecule has 0 atom stereocenters. The van der Waals surface area contributed by atoms with Crippen molar-refractivity contribution in [3.05, 3.63) is 48.0 Å². The largest absolute Gasteiger partial charge is 0.496 e. The molecule has 3 heterocycles. The van der Waals surface area contributed by atoms with Crippen molar-refractivity contribution in [3.8, 4) is 23.1 Å². The monoisotopic (exact) mass is 399 g/mol. The number of hydrogen-bond donors (Lipinski definition) is 0. The van der Waals surface area contributed by atoms with Crippen LogP contribution < -0.4 is 9.47 Å². The van der Waals surface area contributed by atoms with Crippen LogP contribution in [-0.4, -0.2) is 48.5 Å². The number of furan rings is 1. The maximum Gasteiger partial charge on any atom is 0.293 e. The van der Waals surface area contributed by atoms with Crippen molar-refractivity contribution >= 4 is 0 Å². The minimum atomic E-state index is 0.204. The van der Waals surface area contributed by atoms with Crippen molar-refractivity contribution in [3.63, 3.8) is 0 Å². The van der Waals surface area contributed by atoms with Crippen LogP contribution in [0, 0.1) is 0 Å². The lowest BCUT2D eigenvalue weighted by Gasteiger charge is -2.31. The van der Waals surface area contributed by atoms with Crippen molar-refractivity contribution in [2.24, 2.45) is 0 Å². The third-order valence-corrected chi connectivity index (χ3v) is 5.08. The quantitative estimate of drug-likeness (QED) is 0.569.